The molecule has 1 aromatic heterocycles. The lowest BCUT2D eigenvalue weighted by Gasteiger charge is -2.15. The fourth-order valence-corrected chi connectivity index (χ4v) is 3.38. The van der Waals surface area contributed by atoms with Crippen LogP contribution in [0.4, 0.5) is 16.2 Å². The van der Waals surface area contributed by atoms with Gasteiger partial charge in [-0.1, -0.05) is 17.7 Å². The van der Waals surface area contributed by atoms with Crippen molar-refractivity contribution in [3.63, 3.8) is 0 Å². The first-order valence-corrected chi connectivity index (χ1v) is 9.70. The molecule has 1 heterocycles. The minimum Gasteiger partial charge on any atom is -0.308 e. The lowest BCUT2D eigenvalue weighted by atomic mass is 10.0. The Bertz CT molecular complexity index is 967. The van der Waals surface area contributed by atoms with Gasteiger partial charge in [0.1, 0.15) is 0 Å². The van der Waals surface area contributed by atoms with Gasteiger partial charge in [-0.25, -0.2) is 4.79 Å². The number of benzene rings is 2. The van der Waals surface area contributed by atoms with Gasteiger partial charge in [0, 0.05) is 28.0 Å². The maximum absolute atomic E-state index is 12.3. The molecule has 0 saturated heterocycles. The highest BCUT2D eigenvalue weighted by molar-refractivity contribution is 9.10. The van der Waals surface area contributed by atoms with Gasteiger partial charge in [0.2, 0.25) is 0 Å². The van der Waals surface area contributed by atoms with Crippen LogP contribution in [-0.2, 0) is 0 Å². The summed E-state index contributed by atoms with van der Waals surface area (Å²) in [5, 5.41) is 10.7. The van der Waals surface area contributed by atoms with Crippen molar-refractivity contribution in [2.24, 2.45) is 0 Å². The van der Waals surface area contributed by atoms with Crippen molar-refractivity contribution in [3.8, 4) is 11.3 Å². The van der Waals surface area contributed by atoms with E-state index in [4.69, 9.17) is 11.6 Å². The van der Waals surface area contributed by atoms with Crippen LogP contribution in [0.15, 0.2) is 53.1 Å². The number of nitrogens with one attached hydrogen (secondary N) is 2. The van der Waals surface area contributed by atoms with E-state index in [1.165, 1.54) is 0 Å². The van der Waals surface area contributed by atoms with Crippen LogP contribution in [0.1, 0.15) is 25.5 Å². The van der Waals surface area contributed by atoms with E-state index >= 15 is 0 Å². The molecule has 2 amide bonds. The second kappa shape index (κ2) is 8.15. The SMILES string of the molecule is Cc1ccc(NC(=O)Nc2ccc(Cl)cc2)cc1-c1c(Br)cnn1C(C)C. The molecular formula is C20H20BrClN4O. The van der Waals surface area contributed by atoms with Crippen LogP contribution in [0.2, 0.25) is 5.02 Å². The molecule has 0 fully saturated rings. The van der Waals surface area contributed by atoms with Gasteiger partial charge < -0.3 is 10.6 Å². The minimum atomic E-state index is -0.316. The van der Waals surface area contributed by atoms with E-state index < -0.39 is 0 Å². The van der Waals surface area contributed by atoms with E-state index in [1.807, 2.05) is 29.8 Å². The average molecular weight is 448 g/mol. The second-order valence-corrected chi connectivity index (χ2v) is 7.79. The topological polar surface area (TPSA) is 59.0 Å². The zero-order valence-electron chi connectivity index (χ0n) is 15.3. The molecule has 2 aromatic carbocycles. The van der Waals surface area contributed by atoms with Crippen LogP contribution in [-0.4, -0.2) is 15.8 Å². The summed E-state index contributed by atoms with van der Waals surface area (Å²) in [7, 11) is 0. The summed E-state index contributed by atoms with van der Waals surface area (Å²) < 4.78 is 2.88. The number of urea groups is 1. The average Bonchev–Trinajstić information content (AvgIpc) is 3.00. The molecule has 0 bridgehead atoms. The molecule has 7 heteroatoms. The summed E-state index contributed by atoms with van der Waals surface area (Å²) in [6.45, 7) is 6.21. The van der Waals surface area contributed by atoms with Gasteiger partial charge in [-0.05, 0) is 78.7 Å². The molecule has 0 radical (unpaired) electrons. The summed E-state index contributed by atoms with van der Waals surface area (Å²) in [5.74, 6) is 0. The number of anilines is 2. The monoisotopic (exact) mass is 446 g/mol. The van der Waals surface area contributed by atoms with Crippen molar-refractivity contribution in [1.29, 1.82) is 0 Å². The number of nitrogens with zero attached hydrogens (tertiary/aromatic N) is 2. The van der Waals surface area contributed by atoms with Crippen molar-refractivity contribution in [3.05, 3.63) is 63.7 Å². The van der Waals surface area contributed by atoms with Gasteiger partial charge in [0.25, 0.3) is 0 Å². The normalized spacial score (nSPS) is 10.9. The van der Waals surface area contributed by atoms with Crippen molar-refractivity contribution in [2.45, 2.75) is 26.8 Å². The molecular weight excluding hydrogens is 428 g/mol. The van der Waals surface area contributed by atoms with Gasteiger partial charge in [-0.2, -0.15) is 5.10 Å². The Labute approximate surface area is 171 Å². The molecule has 3 aromatic rings. The summed E-state index contributed by atoms with van der Waals surface area (Å²) in [6.07, 6.45) is 1.79. The maximum atomic E-state index is 12.3. The van der Waals surface area contributed by atoms with E-state index in [9.17, 15) is 4.79 Å². The lowest BCUT2D eigenvalue weighted by molar-refractivity contribution is 0.262. The first-order chi connectivity index (χ1) is 12.8. The number of hydrogen-bond acceptors (Lipinski definition) is 2. The first-order valence-electron chi connectivity index (χ1n) is 8.52. The number of halogens is 2. The fraction of sp³-hybridized carbons (Fsp3) is 0.200. The first kappa shape index (κ1) is 19.5. The van der Waals surface area contributed by atoms with Gasteiger partial charge in [-0.15, -0.1) is 0 Å². The number of carbonyl (C=O) groups excluding carboxylic acids is 1. The molecule has 27 heavy (non-hydrogen) atoms. The van der Waals surface area contributed by atoms with E-state index in [0.717, 1.165) is 21.3 Å². The molecule has 0 unspecified atom stereocenters. The predicted octanol–water partition coefficient (Wildman–Crippen LogP) is 6.50. The van der Waals surface area contributed by atoms with Crippen LogP contribution in [0.3, 0.4) is 0 Å². The number of amides is 2. The second-order valence-electron chi connectivity index (χ2n) is 6.50. The molecule has 0 spiro atoms. The van der Waals surface area contributed by atoms with E-state index in [0.29, 0.717) is 16.4 Å². The number of hydrogen-bond donors (Lipinski definition) is 2. The third kappa shape index (κ3) is 4.51. The van der Waals surface area contributed by atoms with Crippen molar-refractivity contribution >= 4 is 44.9 Å². The largest absolute Gasteiger partial charge is 0.323 e. The Balaban J connectivity index is 1.84. The van der Waals surface area contributed by atoms with Crippen LogP contribution < -0.4 is 10.6 Å². The van der Waals surface area contributed by atoms with Gasteiger partial charge in [-0.3, -0.25) is 4.68 Å². The van der Waals surface area contributed by atoms with Gasteiger partial charge in [0.15, 0.2) is 0 Å². The van der Waals surface area contributed by atoms with Crippen LogP contribution in [0, 0.1) is 6.92 Å². The third-order valence-electron chi connectivity index (χ3n) is 4.09. The molecule has 3 rings (SSSR count). The number of rotatable bonds is 4. The fourth-order valence-electron chi connectivity index (χ4n) is 2.77. The van der Waals surface area contributed by atoms with Crippen LogP contribution >= 0.6 is 27.5 Å². The van der Waals surface area contributed by atoms with E-state index in [-0.39, 0.29) is 12.1 Å². The Morgan fingerprint density at radius 1 is 1.11 bits per heavy atom. The zero-order valence-corrected chi connectivity index (χ0v) is 17.6. The minimum absolute atomic E-state index is 0.218. The quantitative estimate of drug-likeness (QED) is 0.479. The molecule has 0 atom stereocenters. The Hall–Kier alpha value is -2.31. The Morgan fingerprint density at radius 3 is 2.41 bits per heavy atom. The molecule has 0 aliphatic heterocycles. The zero-order chi connectivity index (χ0) is 19.6. The lowest BCUT2D eigenvalue weighted by Crippen LogP contribution is -2.19. The molecule has 2 N–H and O–H groups in total. The summed E-state index contributed by atoms with van der Waals surface area (Å²) in [5.41, 5.74) is 4.47. The molecule has 5 nitrogen and oxygen atoms in total. The van der Waals surface area contributed by atoms with Crippen molar-refractivity contribution in [1.82, 2.24) is 9.78 Å². The predicted molar refractivity (Wildman–Crippen MR) is 115 cm³/mol. The summed E-state index contributed by atoms with van der Waals surface area (Å²) >= 11 is 9.46. The maximum Gasteiger partial charge on any atom is 0.323 e. The molecule has 0 saturated carbocycles. The highest BCUT2D eigenvalue weighted by atomic mass is 79.9. The van der Waals surface area contributed by atoms with Crippen molar-refractivity contribution in [2.75, 3.05) is 10.6 Å². The Morgan fingerprint density at radius 2 is 1.74 bits per heavy atom. The number of aryl methyl sites for hydroxylation is 1. The van der Waals surface area contributed by atoms with E-state index in [2.05, 4.69) is 45.5 Å². The van der Waals surface area contributed by atoms with Gasteiger partial charge >= 0.3 is 6.03 Å². The van der Waals surface area contributed by atoms with E-state index in [1.54, 1.807) is 30.5 Å². The van der Waals surface area contributed by atoms with Crippen LogP contribution in [0.5, 0.6) is 0 Å². The van der Waals surface area contributed by atoms with Crippen molar-refractivity contribution < 1.29 is 4.79 Å². The third-order valence-corrected chi connectivity index (χ3v) is 4.92. The summed E-state index contributed by atoms with van der Waals surface area (Å²) in [6, 6.07) is 12.7. The standard InChI is InChI=1S/C20H20BrClN4O/c1-12(2)26-19(18(21)11-23-26)17-10-16(7-4-13(17)3)25-20(27)24-15-8-5-14(22)6-9-15/h4-12H,1-3H3,(H2,24,25,27). The molecule has 0 aliphatic rings. The molecule has 140 valence electrons. The highest BCUT2D eigenvalue weighted by Gasteiger charge is 2.16. The summed E-state index contributed by atoms with van der Waals surface area (Å²) in [4.78, 5) is 12.3. The number of aromatic nitrogens is 2. The highest BCUT2D eigenvalue weighted by Crippen LogP contribution is 2.34. The molecule has 0 aliphatic carbocycles. The van der Waals surface area contributed by atoms with Gasteiger partial charge in [0.05, 0.1) is 16.4 Å². The van der Waals surface area contributed by atoms with Crippen LogP contribution in [0.25, 0.3) is 11.3 Å². The smallest absolute Gasteiger partial charge is 0.308 e. The number of carbonyl (C=O) groups is 1. The Kier molecular flexibility index (Phi) is 5.87.